The number of amides is 1. The van der Waals surface area contributed by atoms with Gasteiger partial charge in [-0.1, -0.05) is 12.1 Å². The molecule has 0 bridgehead atoms. The summed E-state index contributed by atoms with van der Waals surface area (Å²) in [5, 5.41) is 7.28. The zero-order valence-electron chi connectivity index (χ0n) is 15.7. The maximum atomic E-state index is 14.5. The van der Waals surface area contributed by atoms with E-state index in [1.165, 1.54) is 6.07 Å². The van der Waals surface area contributed by atoms with E-state index in [0.717, 1.165) is 36.1 Å². The SMILES string of the molecule is Cc1ccc(-n2nc(C(=O)Nc3cccc([S@@](C)=O)c3)c3c2CCC3)c(F)c1. The van der Waals surface area contributed by atoms with Gasteiger partial charge in [0, 0.05) is 38.9 Å². The fraction of sp³-hybridized carbons (Fsp3) is 0.238. The van der Waals surface area contributed by atoms with E-state index in [4.69, 9.17) is 0 Å². The average Bonchev–Trinajstić information content (AvgIpc) is 3.25. The second-order valence-electron chi connectivity index (χ2n) is 6.93. The van der Waals surface area contributed by atoms with Crippen molar-refractivity contribution in [1.29, 1.82) is 0 Å². The van der Waals surface area contributed by atoms with Gasteiger partial charge in [-0.3, -0.25) is 9.00 Å². The van der Waals surface area contributed by atoms with Crippen LogP contribution < -0.4 is 5.32 Å². The molecule has 0 spiro atoms. The van der Waals surface area contributed by atoms with Crippen molar-refractivity contribution in [2.24, 2.45) is 0 Å². The van der Waals surface area contributed by atoms with Crippen molar-refractivity contribution in [3.63, 3.8) is 0 Å². The van der Waals surface area contributed by atoms with Crippen LogP contribution in [0.15, 0.2) is 47.4 Å². The molecule has 1 atom stereocenters. The monoisotopic (exact) mass is 397 g/mol. The van der Waals surface area contributed by atoms with Crippen molar-refractivity contribution in [1.82, 2.24) is 9.78 Å². The van der Waals surface area contributed by atoms with Gasteiger partial charge >= 0.3 is 0 Å². The van der Waals surface area contributed by atoms with E-state index in [2.05, 4.69) is 10.4 Å². The molecule has 0 fully saturated rings. The van der Waals surface area contributed by atoms with E-state index in [9.17, 15) is 13.4 Å². The topological polar surface area (TPSA) is 64.0 Å². The molecule has 0 unspecified atom stereocenters. The lowest BCUT2D eigenvalue weighted by atomic mass is 10.2. The van der Waals surface area contributed by atoms with Crippen LogP contribution in [-0.4, -0.2) is 26.2 Å². The van der Waals surface area contributed by atoms with Gasteiger partial charge < -0.3 is 5.32 Å². The van der Waals surface area contributed by atoms with Crippen LogP contribution in [0.3, 0.4) is 0 Å². The number of anilines is 1. The third-order valence-electron chi connectivity index (χ3n) is 4.90. The molecule has 3 aromatic rings. The summed E-state index contributed by atoms with van der Waals surface area (Å²) in [6.07, 6.45) is 3.99. The smallest absolute Gasteiger partial charge is 0.276 e. The van der Waals surface area contributed by atoms with Gasteiger partial charge in [0.15, 0.2) is 5.69 Å². The van der Waals surface area contributed by atoms with Gasteiger partial charge in [0.25, 0.3) is 5.91 Å². The molecule has 1 amide bonds. The minimum Gasteiger partial charge on any atom is -0.321 e. The fourth-order valence-electron chi connectivity index (χ4n) is 3.55. The quantitative estimate of drug-likeness (QED) is 0.728. The van der Waals surface area contributed by atoms with E-state index in [1.54, 1.807) is 41.3 Å². The van der Waals surface area contributed by atoms with Gasteiger partial charge in [-0.25, -0.2) is 9.07 Å². The summed E-state index contributed by atoms with van der Waals surface area (Å²) >= 11 is 0. The molecule has 1 aliphatic rings. The first-order chi connectivity index (χ1) is 13.4. The molecule has 0 radical (unpaired) electrons. The van der Waals surface area contributed by atoms with Crippen molar-refractivity contribution in [2.45, 2.75) is 31.1 Å². The molecule has 4 rings (SSSR count). The lowest BCUT2D eigenvalue weighted by Crippen LogP contribution is -2.15. The number of carbonyl (C=O) groups is 1. The van der Waals surface area contributed by atoms with E-state index in [1.807, 2.05) is 13.0 Å². The first-order valence-corrected chi connectivity index (χ1v) is 10.6. The van der Waals surface area contributed by atoms with Crippen LogP contribution in [0.25, 0.3) is 5.69 Å². The van der Waals surface area contributed by atoms with E-state index in [-0.39, 0.29) is 11.7 Å². The minimum absolute atomic E-state index is 0.315. The molecule has 1 aliphatic carbocycles. The summed E-state index contributed by atoms with van der Waals surface area (Å²) in [7, 11) is -1.14. The molecule has 0 aliphatic heterocycles. The van der Waals surface area contributed by atoms with Crippen molar-refractivity contribution in [2.75, 3.05) is 11.6 Å². The van der Waals surface area contributed by atoms with Gasteiger partial charge in [0.2, 0.25) is 0 Å². The van der Waals surface area contributed by atoms with E-state index >= 15 is 0 Å². The van der Waals surface area contributed by atoms with Gasteiger partial charge in [-0.2, -0.15) is 5.10 Å². The molecule has 144 valence electrons. The standard InChI is InChI=1S/C21H20FN3O2S/c1-13-9-10-19(17(22)11-13)25-18-8-4-7-16(18)20(24-25)21(26)23-14-5-3-6-15(12-14)28(2)27/h3,5-6,9-12H,4,7-8H2,1-2H3,(H,23,26)/t28-/m1/s1. The summed E-state index contributed by atoms with van der Waals surface area (Å²) in [5.41, 5.74) is 3.81. The van der Waals surface area contributed by atoms with Crippen LogP contribution >= 0.6 is 0 Å². The van der Waals surface area contributed by atoms with Crippen molar-refractivity contribution < 1.29 is 13.4 Å². The molecule has 1 N–H and O–H groups in total. The van der Waals surface area contributed by atoms with E-state index < -0.39 is 10.8 Å². The highest BCUT2D eigenvalue weighted by atomic mass is 32.2. The number of hydrogen-bond donors (Lipinski definition) is 1. The zero-order valence-corrected chi connectivity index (χ0v) is 16.5. The third kappa shape index (κ3) is 3.38. The predicted octanol–water partition coefficient (Wildman–Crippen LogP) is 3.80. The molecule has 1 aromatic heterocycles. The Morgan fingerprint density at radius 2 is 2.04 bits per heavy atom. The molecule has 1 heterocycles. The number of nitrogens with one attached hydrogen (secondary N) is 1. The van der Waals surface area contributed by atoms with Crippen LogP contribution in [0.4, 0.5) is 10.1 Å². The van der Waals surface area contributed by atoms with Crippen LogP contribution in [0.2, 0.25) is 0 Å². The summed E-state index contributed by atoms with van der Waals surface area (Å²) < 4.78 is 27.7. The number of nitrogens with zero attached hydrogens (tertiary/aromatic N) is 2. The molecule has 0 saturated carbocycles. The van der Waals surface area contributed by atoms with Gasteiger partial charge in [0.1, 0.15) is 11.5 Å². The summed E-state index contributed by atoms with van der Waals surface area (Å²) in [4.78, 5) is 13.5. The van der Waals surface area contributed by atoms with Crippen molar-refractivity contribution in [3.05, 3.63) is 70.8 Å². The number of aryl methyl sites for hydroxylation is 1. The Kier molecular flexibility index (Phi) is 4.85. The number of hydrogen-bond acceptors (Lipinski definition) is 3. The Morgan fingerprint density at radius 3 is 2.79 bits per heavy atom. The zero-order chi connectivity index (χ0) is 19.8. The molecular weight excluding hydrogens is 377 g/mol. The lowest BCUT2D eigenvalue weighted by molar-refractivity contribution is 0.102. The van der Waals surface area contributed by atoms with Crippen LogP contribution in [0.5, 0.6) is 0 Å². The largest absolute Gasteiger partial charge is 0.321 e. The number of carbonyl (C=O) groups excluding carboxylic acids is 1. The maximum Gasteiger partial charge on any atom is 0.276 e. The second-order valence-corrected chi connectivity index (χ2v) is 8.31. The van der Waals surface area contributed by atoms with Crippen LogP contribution in [0.1, 0.15) is 33.7 Å². The Bertz CT molecular complexity index is 1110. The Labute approximate surface area is 165 Å². The number of rotatable bonds is 4. The number of halogens is 1. The number of fused-ring (bicyclic) bond motifs is 1. The van der Waals surface area contributed by atoms with Crippen LogP contribution in [-0.2, 0) is 23.6 Å². The average molecular weight is 397 g/mol. The minimum atomic E-state index is -1.14. The first kappa shape index (κ1) is 18.6. The highest BCUT2D eigenvalue weighted by Crippen LogP contribution is 2.29. The number of aromatic nitrogens is 2. The first-order valence-electron chi connectivity index (χ1n) is 9.06. The van der Waals surface area contributed by atoms with Gasteiger partial charge in [-0.05, 0) is 62.1 Å². The summed E-state index contributed by atoms with van der Waals surface area (Å²) in [5.74, 6) is -0.703. The Hall–Kier alpha value is -2.80. The van der Waals surface area contributed by atoms with E-state index in [0.29, 0.717) is 22.0 Å². The molecule has 0 saturated heterocycles. The maximum absolute atomic E-state index is 14.5. The number of benzene rings is 2. The van der Waals surface area contributed by atoms with Gasteiger partial charge in [0.05, 0.1) is 0 Å². The van der Waals surface area contributed by atoms with Crippen molar-refractivity contribution in [3.8, 4) is 5.69 Å². The lowest BCUT2D eigenvalue weighted by Gasteiger charge is -2.08. The Morgan fingerprint density at radius 1 is 1.21 bits per heavy atom. The normalized spacial score (nSPS) is 14.0. The third-order valence-corrected chi connectivity index (χ3v) is 5.82. The van der Waals surface area contributed by atoms with Gasteiger partial charge in [-0.15, -0.1) is 0 Å². The highest BCUT2D eigenvalue weighted by molar-refractivity contribution is 7.84. The predicted molar refractivity (Wildman–Crippen MR) is 107 cm³/mol. The molecule has 7 heteroatoms. The Balaban J connectivity index is 1.70. The summed E-state index contributed by atoms with van der Waals surface area (Å²) in [6, 6.07) is 11.9. The van der Waals surface area contributed by atoms with Crippen molar-refractivity contribution >= 4 is 22.4 Å². The highest BCUT2D eigenvalue weighted by Gasteiger charge is 2.28. The fourth-order valence-corrected chi connectivity index (χ4v) is 4.11. The molecule has 28 heavy (non-hydrogen) atoms. The molecule has 5 nitrogen and oxygen atoms in total. The second kappa shape index (κ2) is 7.31. The molecule has 2 aromatic carbocycles. The summed E-state index contributed by atoms with van der Waals surface area (Å²) in [6.45, 7) is 1.83. The van der Waals surface area contributed by atoms with Crippen LogP contribution in [0, 0.1) is 12.7 Å². The molecular formula is C21H20FN3O2S.